The first-order chi connectivity index (χ1) is 7.90. The van der Waals surface area contributed by atoms with E-state index in [0.717, 1.165) is 18.8 Å². The Morgan fingerprint density at radius 3 is 3.31 bits per heavy atom. The highest BCUT2D eigenvalue weighted by molar-refractivity contribution is 5.21. The van der Waals surface area contributed by atoms with Crippen LogP contribution in [0.15, 0.2) is 18.3 Å². The molecule has 1 aromatic rings. The maximum atomic E-state index is 4.36. The van der Waals surface area contributed by atoms with Crippen LogP contribution in [0.2, 0.25) is 0 Å². The Labute approximate surface area is 97.7 Å². The Morgan fingerprint density at radius 1 is 1.50 bits per heavy atom. The summed E-state index contributed by atoms with van der Waals surface area (Å²) < 4.78 is 0. The molecule has 1 aliphatic heterocycles. The summed E-state index contributed by atoms with van der Waals surface area (Å²) >= 11 is 0. The van der Waals surface area contributed by atoms with Crippen LogP contribution < -0.4 is 10.6 Å². The van der Waals surface area contributed by atoms with Crippen molar-refractivity contribution < 1.29 is 0 Å². The van der Waals surface area contributed by atoms with Crippen LogP contribution in [0, 0.1) is 0 Å². The smallest absolute Gasteiger partial charge is 0.0544 e. The minimum absolute atomic E-state index is 0.668. The summed E-state index contributed by atoms with van der Waals surface area (Å²) in [7, 11) is 1.96. The van der Waals surface area contributed by atoms with Crippen LogP contribution >= 0.6 is 0 Å². The monoisotopic (exact) mass is 219 g/mol. The highest BCUT2D eigenvalue weighted by Crippen LogP contribution is 2.23. The Balaban J connectivity index is 2.08. The van der Waals surface area contributed by atoms with Gasteiger partial charge in [0.1, 0.15) is 0 Å². The number of hydrogen-bond donors (Lipinski definition) is 2. The Hall–Kier alpha value is -0.930. The van der Waals surface area contributed by atoms with E-state index >= 15 is 0 Å². The molecule has 0 spiro atoms. The molecule has 88 valence electrons. The molecule has 1 saturated heterocycles. The first kappa shape index (κ1) is 11.6. The zero-order chi connectivity index (χ0) is 11.2. The molecule has 0 bridgehead atoms. The van der Waals surface area contributed by atoms with Crippen LogP contribution in [0.5, 0.6) is 0 Å². The molecule has 1 fully saturated rings. The fraction of sp³-hybridized carbons (Fsp3) is 0.615. The van der Waals surface area contributed by atoms with Gasteiger partial charge < -0.3 is 10.6 Å². The van der Waals surface area contributed by atoms with E-state index in [4.69, 9.17) is 0 Å². The standard InChI is InChI=1S/C13H21N3/c1-14-10-13-8-11(5-7-16-13)12-4-2-3-6-15-9-12/h5,7-8,12,14-15H,2-4,6,9-10H2,1H3. The van der Waals surface area contributed by atoms with Gasteiger partial charge in [0.2, 0.25) is 0 Å². The fourth-order valence-corrected chi connectivity index (χ4v) is 2.33. The number of rotatable bonds is 3. The van der Waals surface area contributed by atoms with Gasteiger partial charge in [-0.2, -0.15) is 0 Å². The van der Waals surface area contributed by atoms with Crippen molar-refractivity contribution in [1.29, 1.82) is 0 Å². The van der Waals surface area contributed by atoms with E-state index < -0.39 is 0 Å². The van der Waals surface area contributed by atoms with Crippen molar-refractivity contribution in [2.24, 2.45) is 0 Å². The van der Waals surface area contributed by atoms with Gasteiger partial charge in [0.25, 0.3) is 0 Å². The van der Waals surface area contributed by atoms with Crippen molar-refractivity contribution in [2.45, 2.75) is 31.7 Å². The van der Waals surface area contributed by atoms with Crippen LogP contribution in [0.1, 0.15) is 36.4 Å². The number of nitrogens with zero attached hydrogens (tertiary/aromatic N) is 1. The van der Waals surface area contributed by atoms with Gasteiger partial charge in [-0.25, -0.2) is 0 Å². The first-order valence-electron chi connectivity index (χ1n) is 6.20. The molecule has 0 radical (unpaired) electrons. The maximum Gasteiger partial charge on any atom is 0.0544 e. The summed E-state index contributed by atoms with van der Waals surface area (Å²) in [4.78, 5) is 4.36. The van der Waals surface area contributed by atoms with Crippen molar-refractivity contribution in [1.82, 2.24) is 15.6 Å². The summed E-state index contributed by atoms with van der Waals surface area (Å²) in [5, 5.41) is 6.66. The second-order valence-corrected chi connectivity index (χ2v) is 4.51. The Morgan fingerprint density at radius 2 is 2.44 bits per heavy atom. The lowest BCUT2D eigenvalue weighted by Crippen LogP contribution is -2.19. The van der Waals surface area contributed by atoms with Crippen LogP contribution in [0.25, 0.3) is 0 Å². The highest BCUT2D eigenvalue weighted by atomic mass is 14.9. The quantitative estimate of drug-likeness (QED) is 0.812. The molecule has 0 saturated carbocycles. The van der Waals surface area contributed by atoms with Gasteiger partial charge in [-0.05, 0) is 50.0 Å². The lowest BCUT2D eigenvalue weighted by atomic mass is 9.95. The molecular weight excluding hydrogens is 198 g/mol. The van der Waals surface area contributed by atoms with Crippen molar-refractivity contribution in [3.8, 4) is 0 Å². The number of hydrogen-bond acceptors (Lipinski definition) is 3. The van der Waals surface area contributed by atoms with Crippen LogP contribution in [-0.4, -0.2) is 25.1 Å². The Bertz CT molecular complexity index is 317. The summed E-state index contributed by atoms with van der Waals surface area (Å²) in [6.45, 7) is 3.14. The average Bonchev–Trinajstić information content (AvgIpc) is 2.58. The van der Waals surface area contributed by atoms with Gasteiger partial charge in [0, 0.05) is 19.3 Å². The largest absolute Gasteiger partial charge is 0.316 e. The normalized spacial score (nSPS) is 21.7. The summed E-state index contributed by atoms with van der Waals surface area (Å²) in [5.74, 6) is 0.668. The minimum Gasteiger partial charge on any atom is -0.316 e. The fourth-order valence-electron chi connectivity index (χ4n) is 2.33. The van der Waals surface area contributed by atoms with Gasteiger partial charge >= 0.3 is 0 Å². The van der Waals surface area contributed by atoms with E-state index in [1.54, 1.807) is 0 Å². The van der Waals surface area contributed by atoms with E-state index in [9.17, 15) is 0 Å². The molecule has 3 nitrogen and oxygen atoms in total. The van der Waals surface area contributed by atoms with E-state index in [2.05, 4.69) is 27.8 Å². The molecule has 2 rings (SSSR count). The molecule has 1 aliphatic rings. The van der Waals surface area contributed by atoms with E-state index in [1.165, 1.54) is 31.4 Å². The molecule has 3 heteroatoms. The number of aromatic nitrogens is 1. The third-order valence-corrected chi connectivity index (χ3v) is 3.22. The molecule has 1 unspecified atom stereocenters. The van der Waals surface area contributed by atoms with E-state index in [0.29, 0.717) is 5.92 Å². The molecule has 0 amide bonds. The molecule has 2 N–H and O–H groups in total. The van der Waals surface area contributed by atoms with Crippen molar-refractivity contribution in [3.05, 3.63) is 29.6 Å². The summed E-state index contributed by atoms with van der Waals surface area (Å²) in [6.07, 6.45) is 5.88. The predicted molar refractivity (Wildman–Crippen MR) is 66.5 cm³/mol. The molecular formula is C13H21N3. The van der Waals surface area contributed by atoms with Gasteiger partial charge in [0.05, 0.1) is 5.69 Å². The molecule has 16 heavy (non-hydrogen) atoms. The van der Waals surface area contributed by atoms with E-state index in [1.807, 2.05) is 13.2 Å². The Kier molecular flexibility index (Phi) is 4.31. The summed E-state index contributed by atoms with van der Waals surface area (Å²) in [5.41, 5.74) is 2.58. The molecule has 0 aromatic carbocycles. The van der Waals surface area contributed by atoms with Crippen LogP contribution in [0.4, 0.5) is 0 Å². The zero-order valence-corrected chi connectivity index (χ0v) is 10.00. The SMILES string of the molecule is CNCc1cc(C2CCCCNC2)ccn1. The third-order valence-electron chi connectivity index (χ3n) is 3.22. The maximum absolute atomic E-state index is 4.36. The minimum atomic E-state index is 0.668. The van der Waals surface area contributed by atoms with Crippen LogP contribution in [0.3, 0.4) is 0 Å². The van der Waals surface area contributed by atoms with Crippen molar-refractivity contribution in [3.63, 3.8) is 0 Å². The first-order valence-corrected chi connectivity index (χ1v) is 6.20. The lowest BCUT2D eigenvalue weighted by Gasteiger charge is -2.15. The highest BCUT2D eigenvalue weighted by Gasteiger charge is 2.14. The van der Waals surface area contributed by atoms with Gasteiger partial charge in [-0.15, -0.1) is 0 Å². The predicted octanol–water partition coefficient (Wildman–Crippen LogP) is 1.66. The average molecular weight is 219 g/mol. The van der Waals surface area contributed by atoms with Gasteiger partial charge in [-0.1, -0.05) is 6.42 Å². The van der Waals surface area contributed by atoms with E-state index in [-0.39, 0.29) is 0 Å². The number of nitrogens with one attached hydrogen (secondary N) is 2. The second kappa shape index (κ2) is 5.97. The third kappa shape index (κ3) is 3.03. The molecule has 1 aromatic heterocycles. The molecule has 0 aliphatic carbocycles. The molecule has 1 atom stereocenters. The topological polar surface area (TPSA) is 37.0 Å². The second-order valence-electron chi connectivity index (χ2n) is 4.51. The van der Waals surface area contributed by atoms with Crippen molar-refractivity contribution in [2.75, 3.05) is 20.1 Å². The summed E-state index contributed by atoms with van der Waals surface area (Å²) in [6, 6.07) is 4.41. The molecule has 2 heterocycles. The van der Waals surface area contributed by atoms with Gasteiger partial charge in [-0.3, -0.25) is 4.98 Å². The zero-order valence-electron chi connectivity index (χ0n) is 10.00. The van der Waals surface area contributed by atoms with Crippen LogP contribution in [-0.2, 0) is 6.54 Å². The van der Waals surface area contributed by atoms with Crippen molar-refractivity contribution >= 4 is 0 Å². The number of pyridine rings is 1. The lowest BCUT2D eigenvalue weighted by molar-refractivity contribution is 0.607. The van der Waals surface area contributed by atoms with Gasteiger partial charge in [0.15, 0.2) is 0 Å².